The van der Waals surface area contributed by atoms with Gasteiger partial charge in [0.1, 0.15) is 30.0 Å². The largest absolute Gasteiger partial charge is 0.459 e. The number of esters is 1. The molecule has 0 aliphatic carbocycles. The fourth-order valence-corrected chi connectivity index (χ4v) is 3.30. The third-order valence-electron chi connectivity index (χ3n) is 4.94. The van der Waals surface area contributed by atoms with E-state index in [1.807, 2.05) is 0 Å². The molecule has 1 aliphatic rings. The van der Waals surface area contributed by atoms with Gasteiger partial charge in [-0.2, -0.15) is 0 Å². The highest BCUT2D eigenvalue weighted by Gasteiger charge is 2.65. The zero-order valence-electron chi connectivity index (χ0n) is 16.1. The van der Waals surface area contributed by atoms with E-state index in [4.69, 9.17) is 20.9 Å². The summed E-state index contributed by atoms with van der Waals surface area (Å²) in [4.78, 5) is 31.3. The summed E-state index contributed by atoms with van der Waals surface area (Å²) in [6.45, 7) is 0.935. The standard InChI is InChI=1S/C17H22FN5O7/c1-7(2)15(28)29-5-16(18)10(25)11(26)17(4-24,30-16)23-3-8(13(20)27)9-12(19)21-6-22-14(9)23/h3,6-7,10-11,24-26H,4-5H2,1-2H3,(H2,20,27)(H2,19,21,22)/t10-,11+,16+,17+/m0/s1. The molecule has 3 heterocycles. The third-order valence-corrected chi connectivity index (χ3v) is 4.94. The van der Waals surface area contributed by atoms with E-state index in [9.17, 15) is 24.9 Å². The molecule has 0 bridgehead atoms. The van der Waals surface area contributed by atoms with E-state index in [-0.39, 0.29) is 22.4 Å². The van der Waals surface area contributed by atoms with E-state index in [0.29, 0.717) is 0 Å². The van der Waals surface area contributed by atoms with Gasteiger partial charge >= 0.3 is 5.97 Å². The lowest BCUT2D eigenvalue weighted by Gasteiger charge is -2.32. The van der Waals surface area contributed by atoms with Crippen LogP contribution in [0.3, 0.4) is 0 Å². The van der Waals surface area contributed by atoms with Crippen molar-refractivity contribution in [1.29, 1.82) is 0 Å². The molecule has 1 saturated heterocycles. The van der Waals surface area contributed by atoms with Crippen LogP contribution in [0.15, 0.2) is 12.5 Å². The van der Waals surface area contributed by atoms with Crippen molar-refractivity contribution >= 4 is 28.7 Å². The Morgan fingerprint density at radius 1 is 1.37 bits per heavy atom. The molecule has 1 fully saturated rings. The molecule has 0 aromatic carbocycles. The molecule has 0 radical (unpaired) electrons. The molecule has 30 heavy (non-hydrogen) atoms. The fraction of sp³-hybridized carbons (Fsp3) is 0.529. The first-order valence-corrected chi connectivity index (χ1v) is 8.93. The SMILES string of the molecule is CC(C)C(=O)OC[C@@]1(F)O[C@@](CO)(n2cc(C(N)=O)c3c(N)ncnc32)[C@H](O)[C@@H]1O. The van der Waals surface area contributed by atoms with Crippen LogP contribution in [0.1, 0.15) is 24.2 Å². The van der Waals surface area contributed by atoms with Crippen LogP contribution in [-0.2, 0) is 20.0 Å². The third kappa shape index (κ3) is 3.15. The summed E-state index contributed by atoms with van der Waals surface area (Å²) < 4.78 is 26.4. The Morgan fingerprint density at radius 2 is 2.03 bits per heavy atom. The van der Waals surface area contributed by atoms with Crippen molar-refractivity contribution in [2.45, 2.75) is 37.6 Å². The highest BCUT2D eigenvalue weighted by Crippen LogP contribution is 2.45. The maximum absolute atomic E-state index is 15.4. The second-order valence-corrected chi connectivity index (χ2v) is 7.28. The Hall–Kier alpha value is -2.87. The molecule has 0 saturated carbocycles. The highest BCUT2D eigenvalue weighted by molar-refractivity contribution is 6.08. The predicted octanol–water partition coefficient (Wildman–Crippen LogP) is -1.63. The molecule has 0 spiro atoms. The van der Waals surface area contributed by atoms with Gasteiger partial charge < -0.3 is 36.3 Å². The molecule has 7 N–H and O–H groups in total. The van der Waals surface area contributed by atoms with E-state index >= 15 is 4.39 Å². The minimum Gasteiger partial charge on any atom is -0.459 e. The summed E-state index contributed by atoms with van der Waals surface area (Å²) >= 11 is 0. The average molecular weight is 427 g/mol. The first kappa shape index (κ1) is 21.8. The second kappa shape index (κ2) is 7.43. The zero-order valence-corrected chi connectivity index (χ0v) is 16.1. The number of aromatic nitrogens is 3. The van der Waals surface area contributed by atoms with Crippen LogP contribution in [0.2, 0.25) is 0 Å². The molecule has 4 atom stereocenters. The van der Waals surface area contributed by atoms with E-state index in [2.05, 4.69) is 9.97 Å². The van der Waals surface area contributed by atoms with Crippen molar-refractivity contribution in [2.75, 3.05) is 18.9 Å². The van der Waals surface area contributed by atoms with E-state index in [0.717, 1.165) is 17.1 Å². The predicted molar refractivity (Wildman–Crippen MR) is 98.3 cm³/mol. The number of amides is 1. The molecular weight excluding hydrogens is 405 g/mol. The zero-order chi connectivity index (χ0) is 22.4. The summed E-state index contributed by atoms with van der Waals surface area (Å²) in [5.41, 5.74) is 8.53. The van der Waals surface area contributed by atoms with Gasteiger partial charge in [-0.25, -0.2) is 14.4 Å². The Balaban J connectivity index is 2.11. The summed E-state index contributed by atoms with van der Waals surface area (Å²) in [5.74, 6) is -5.48. The van der Waals surface area contributed by atoms with Crippen molar-refractivity contribution in [3.63, 3.8) is 0 Å². The van der Waals surface area contributed by atoms with E-state index in [1.165, 1.54) is 13.8 Å². The number of rotatable bonds is 6. The normalized spacial score (nSPS) is 28.9. The summed E-state index contributed by atoms with van der Waals surface area (Å²) in [6, 6.07) is 0. The lowest BCUT2D eigenvalue weighted by atomic mass is 10.0. The number of nitrogen functional groups attached to an aromatic ring is 1. The Bertz CT molecular complexity index is 998. The molecule has 13 heteroatoms. The smallest absolute Gasteiger partial charge is 0.308 e. The topological polar surface area (TPSA) is 196 Å². The fourth-order valence-electron chi connectivity index (χ4n) is 3.30. The minimum absolute atomic E-state index is 0.00860. The number of hydrogen-bond acceptors (Lipinski definition) is 10. The summed E-state index contributed by atoms with van der Waals surface area (Å²) in [7, 11) is 0. The molecule has 0 unspecified atom stereocenters. The second-order valence-electron chi connectivity index (χ2n) is 7.28. The first-order chi connectivity index (χ1) is 14.0. The number of aliphatic hydroxyl groups is 3. The van der Waals surface area contributed by atoms with Gasteiger partial charge in [-0.05, 0) is 0 Å². The molecular formula is C17H22FN5O7. The van der Waals surface area contributed by atoms with Gasteiger partial charge in [0.05, 0.1) is 23.5 Å². The van der Waals surface area contributed by atoms with Gasteiger partial charge in [-0.15, -0.1) is 0 Å². The van der Waals surface area contributed by atoms with Crippen LogP contribution in [0.25, 0.3) is 11.0 Å². The monoisotopic (exact) mass is 427 g/mol. The highest BCUT2D eigenvalue weighted by atomic mass is 19.2. The number of hydrogen-bond donors (Lipinski definition) is 5. The number of anilines is 1. The van der Waals surface area contributed by atoms with Crippen molar-refractivity contribution < 1.29 is 38.8 Å². The Kier molecular flexibility index (Phi) is 5.41. The Labute approximate surface area is 169 Å². The number of carbonyl (C=O) groups excluding carboxylic acids is 2. The van der Waals surface area contributed by atoms with Crippen molar-refractivity contribution in [1.82, 2.24) is 14.5 Å². The number of primary amides is 1. The van der Waals surface area contributed by atoms with Crippen LogP contribution >= 0.6 is 0 Å². The number of nitrogens with two attached hydrogens (primary N) is 2. The maximum Gasteiger partial charge on any atom is 0.308 e. The molecule has 1 aliphatic heterocycles. The summed E-state index contributed by atoms with van der Waals surface area (Å²) in [5, 5.41) is 31.0. The number of alkyl halides is 1. The average Bonchev–Trinajstić information content (AvgIpc) is 3.18. The van der Waals surface area contributed by atoms with Crippen molar-refractivity contribution in [3.05, 3.63) is 18.1 Å². The maximum atomic E-state index is 15.4. The van der Waals surface area contributed by atoms with E-state index in [1.54, 1.807) is 0 Å². The van der Waals surface area contributed by atoms with Gasteiger partial charge in [-0.3, -0.25) is 14.2 Å². The van der Waals surface area contributed by atoms with Gasteiger partial charge in [0, 0.05) is 6.20 Å². The minimum atomic E-state index is -3.07. The molecule has 12 nitrogen and oxygen atoms in total. The van der Waals surface area contributed by atoms with Crippen LogP contribution in [0.4, 0.5) is 10.2 Å². The quantitative estimate of drug-likeness (QED) is 0.334. The molecule has 164 valence electrons. The number of fused-ring (bicyclic) bond motifs is 1. The number of nitrogens with zero attached hydrogens (tertiary/aromatic N) is 3. The van der Waals surface area contributed by atoms with Crippen LogP contribution in [0, 0.1) is 5.92 Å². The number of ether oxygens (including phenoxy) is 2. The number of halogens is 1. The van der Waals surface area contributed by atoms with Gasteiger partial charge in [0.2, 0.25) is 5.72 Å². The number of carbonyl (C=O) groups is 2. The van der Waals surface area contributed by atoms with Gasteiger partial charge in [0.25, 0.3) is 11.8 Å². The molecule has 2 aromatic heterocycles. The molecule has 3 rings (SSSR count). The summed E-state index contributed by atoms with van der Waals surface area (Å²) in [6.07, 6.45) is -2.19. The van der Waals surface area contributed by atoms with Crippen LogP contribution in [-0.4, -0.2) is 73.0 Å². The van der Waals surface area contributed by atoms with E-state index < -0.39 is 54.8 Å². The van der Waals surface area contributed by atoms with Crippen molar-refractivity contribution in [3.8, 4) is 0 Å². The molecule has 2 aromatic rings. The van der Waals surface area contributed by atoms with Crippen molar-refractivity contribution in [2.24, 2.45) is 11.7 Å². The van der Waals surface area contributed by atoms with Gasteiger partial charge in [-0.1, -0.05) is 13.8 Å². The number of aliphatic hydroxyl groups excluding tert-OH is 3. The Morgan fingerprint density at radius 3 is 2.60 bits per heavy atom. The molecule has 1 amide bonds. The van der Waals surface area contributed by atoms with Crippen LogP contribution < -0.4 is 11.5 Å². The lowest BCUT2D eigenvalue weighted by molar-refractivity contribution is -0.257. The van der Waals surface area contributed by atoms with Gasteiger partial charge in [0.15, 0.2) is 6.61 Å². The lowest BCUT2D eigenvalue weighted by Crippen LogP contribution is -2.48. The first-order valence-electron chi connectivity index (χ1n) is 8.93. The van der Waals surface area contributed by atoms with Crippen LogP contribution in [0.5, 0.6) is 0 Å².